The number of likely N-dealkylation sites (tertiary alicyclic amines) is 1. The molecule has 0 saturated carbocycles. The summed E-state index contributed by atoms with van der Waals surface area (Å²) in [6.07, 6.45) is 11.2. The second-order valence-electron chi connectivity index (χ2n) is 15.0. The molecule has 246 valence electrons. The number of carbonyl (C=O) groups is 3. The van der Waals surface area contributed by atoms with Crippen LogP contribution in [0.3, 0.4) is 0 Å². The minimum absolute atomic E-state index is 0.000182. The molecule has 4 aliphatic rings. The Morgan fingerprint density at radius 3 is 2.24 bits per heavy atom. The Labute approximate surface area is 273 Å². The number of nitrogens with zero attached hydrogens (tertiary/aromatic N) is 3. The highest BCUT2D eigenvalue weighted by Gasteiger charge is 2.74. The molecule has 0 radical (unpaired) electrons. The summed E-state index contributed by atoms with van der Waals surface area (Å²) in [4.78, 5) is 49.8. The highest BCUT2D eigenvalue weighted by molar-refractivity contribution is 8.02. The number of rotatable bonds is 10. The van der Waals surface area contributed by atoms with Crippen LogP contribution in [-0.2, 0) is 14.4 Å². The molecule has 4 heterocycles. The standard InChI is InChI=1S/C36H51N3O5S/c1-8-44-26-16-14-25(15-17-26)37-21-12-18-35(7)27(30(37)41)28-31(42)38(20-10-9-11-23-40)29-32(43)39(22-13-19-36(28,29)45-35)34(5,6)24-33(2,3)4/h12-19,27-29,40H,8-11,20-24H2,1-7H3/t27-,28-,29?,35+,36-/m0/s1. The molecule has 9 heteroatoms. The summed E-state index contributed by atoms with van der Waals surface area (Å²) in [7, 11) is 0. The average Bonchev–Trinajstić information content (AvgIpc) is 3.20. The minimum atomic E-state index is -0.876. The zero-order valence-corrected chi connectivity index (χ0v) is 28.9. The second-order valence-corrected chi connectivity index (χ2v) is 16.8. The Morgan fingerprint density at radius 2 is 1.60 bits per heavy atom. The lowest BCUT2D eigenvalue weighted by atomic mass is 9.74. The van der Waals surface area contributed by atoms with Gasteiger partial charge in [0, 0.05) is 42.2 Å². The van der Waals surface area contributed by atoms with Crippen molar-refractivity contribution in [3.63, 3.8) is 0 Å². The molecule has 45 heavy (non-hydrogen) atoms. The molecule has 3 amide bonds. The molecular formula is C36H51N3O5S. The number of carbonyl (C=O) groups excluding carboxylic acids is 3. The number of fused-ring (bicyclic) bond motifs is 2. The molecule has 0 aromatic heterocycles. The Hall–Kier alpha value is -2.78. The third-order valence-corrected chi connectivity index (χ3v) is 11.6. The van der Waals surface area contributed by atoms with Crippen molar-refractivity contribution in [2.45, 2.75) is 95.2 Å². The zero-order chi connectivity index (χ0) is 32.8. The van der Waals surface area contributed by atoms with Gasteiger partial charge in [0.2, 0.25) is 17.7 Å². The van der Waals surface area contributed by atoms with Gasteiger partial charge in [-0.2, -0.15) is 0 Å². The Balaban J connectivity index is 1.57. The van der Waals surface area contributed by atoms with E-state index < -0.39 is 32.9 Å². The molecule has 5 rings (SSSR count). The third kappa shape index (κ3) is 6.07. The number of anilines is 1. The van der Waals surface area contributed by atoms with Crippen LogP contribution in [0.1, 0.15) is 74.1 Å². The van der Waals surface area contributed by atoms with Crippen LogP contribution in [-0.4, -0.2) is 86.6 Å². The van der Waals surface area contributed by atoms with E-state index in [2.05, 4.69) is 59.8 Å². The Morgan fingerprint density at radius 1 is 0.911 bits per heavy atom. The van der Waals surface area contributed by atoms with Crippen LogP contribution in [0, 0.1) is 17.3 Å². The number of aliphatic hydroxyl groups is 1. The first-order chi connectivity index (χ1) is 21.2. The van der Waals surface area contributed by atoms with Crippen LogP contribution in [0.4, 0.5) is 5.69 Å². The van der Waals surface area contributed by atoms with Crippen molar-refractivity contribution in [1.82, 2.24) is 9.80 Å². The van der Waals surface area contributed by atoms with Crippen molar-refractivity contribution in [3.8, 4) is 5.75 Å². The number of unbranched alkanes of at least 4 members (excludes halogenated alkanes) is 2. The fourth-order valence-corrected chi connectivity index (χ4v) is 10.5. The van der Waals surface area contributed by atoms with E-state index in [1.54, 1.807) is 21.6 Å². The molecule has 2 fully saturated rings. The van der Waals surface area contributed by atoms with E-state index in [-0.39, 0.29) is 29.7 Å². The average molecular weight is 638 g/mol. The van der Waals surface area contributed by atoms with E-state index >= 15 is 0 Å². The van der Waals surface area contributed by atoms with E-state index in [0.717, 1.165) is 24.3 Å². The molecule has 0 aliphatic carbocycles. The lowest BCUT2D eigenvalue weighted by Crippen LogP contribution is -2.58. The largest absolute Gasteiger partial charge is 0.494 e. The summed E-state index contributed by atoms with van der Waals surface area (Å²) in [5.41, 5.74) is 0.320. The van der Waals surface area contributed by atoms with Gasteiger partial charge in [0.05, 0.1) is 23.2 Å². The Kier molecular flexibility index (Phi) is 9.28. The van der Waals surface area contributed by atoms with Crippen molar-refractivity contribution >= 4 is 35.2 Å². The summed E-state index contributed by atoms with van der Waals surface area (Å²) in [5, 5.41) is 9.39. The molecule has 1 N–H and O–H groups in total. The predicted octanol–water partition coefficient (Wildman–Crippen LogP) is 5.45. The fraction of sp³-hybridized carbons (Fsp3) is 0.639. The lowest BCUT2D eigenvalue weighted by molar-refractivity contribution is -0.146. The van der Waals surface area contributed by atoms with Gasteiger partial charge in [-0.05, 0) is 83.1 Å². The van der Waals surface area contributed by atoms with Gasteiger partial charge in [-0.1, -0.05) is 45.1 Å². The molecule has 2 saturated heterocycles. The van der Waals surface area contributed by atoms with Crippen molar-refractivity contribution in [3.05, 3.63) is 48.6 Å². The number of benzene rings is 1. The van der Waals surface area contributed by atoms with Crippen LogP contribution in [0.5, 0.6) is 5.75 Å². The topological polar surface area (TPSA) is 90.4 Å². The minimum Gasteiger partial charge on any atom is -0.494 e. The van der Waals surface area contributed by atoms with Gasteiger partial charge in [-0.3, -0.25) is 14.4 Å². The smallest absolute Gasteiger partial charge is 0.247 e. The summed E-state index contributed by atoms with van der Waals surface area (Å²) in [5.74, 6) is -0.830. The van der Waals surface area contributed by atoms with Crippen LogP contribution >= 0.6 is 11.8 Å². The Bertz CT molecular complexity index is 1350. The molecule has 1 aromatic carbocycles. The first kappa shape index (κ1) is 33.6. The number of hydrogen-bond acceptors (Lipinski definition) is 6. The van der Waals surface area contributed by atoms with Crippen molar-refractivity contribution in [2.24, 2.45) is 17.3 Å². The van der Waals surface area contributed by atoms with E-state index in [1.165, 1.54) is 0 Å². The normalized spacial score (nSPS) is 29.9. The van der Waals surface area contributed by atoms with Crippen molar-refractivity contribution < 1.29 is 24.2 Å². The van der Waals surface area contributed by atoms with Gasteiger partial charge >= 0.3 is 0 Å². The maximum absolute atomic E-state index is 14.9. The predicted molar refractivity (Wildman–Crippen MR) is 180 cm³/mol. The summed E-state index contributed by atoms with van der Waals surface area (Å²) < 4.78 is 4.08. The summed E-state index contributed by atoms with van der Waals surface area (Å²) in [6, 6.07) is 6.82. The van der Waals surface area contributed by atoms with E-state index in [0.29, 0.717) is 39.1 Å². The van der Waals surface area contributed by atoms with E-state index in [4.69, 9.17) is 4.74 Å². The molecule has 0 bridgehead atoms. The fourth-order valence-electron chi connectivity index (χ4n) is 8.39. The maximum Gasteiger partial charge on any atom is 0.247 e. The quantitative estimate of drug-likeness (QED) is 0.271. The second kappa shape index (κ2) is 12.4. The van der Waals surface area contributed by atoms with Crippen LogP contribution in [0.15, 0.2) is 48.6 Å². The van der Waals surface area contributed by atoms with Gasteiger partial charge in [-0.15, -0.1) is 11.8 Å². The molecule has 1 unspecified atom stereocenters. The third-order valence-electron chi connectivity index (χ3n) is 9.77. The van der Waals surface area contributed by atoms with Crippen LogP contribution in [0.2, 0.25) is 0 Å². The number of hydrogen-bond donors (Lipinski definition) is 1. The monoisotopic (exact) mass is 637 g/mol. The molecule has 1 spiro atoms. The number of aliphatic hydroxyl groups excluding tert-OH is 1. The van der Waals surface area contributed by atoms with Crippen molar-refractivity contribution in [1.29, 1.82) is 0 Å². The number of ether oxygens (including phenoxy) is 1. The summed E-state index contributed by atoms with van der Waals surface area (Å²) >= 11 is 1.63. The van der Waals surface area contributed by atoms with Gasteiger partial charge in [-0.25, -0.2) is 0 Å². The molecule has 8 nitrogen and oxygen atoms in total. The maximum atomic E-state index is 14.9. The SMILES string of the molecule is CCOc1ccc(N2CC=C[C@@]3(C)S[C@]45C=CCN(C(C)(C)CC(C)(C)C)C(=O)C4N(CCCCCO)C(=O)[C@@H]5[C@H]3C2=O)cc1. The van der Waals surface area contributed by atoms with Crippen LogP contribution < -0.4 is 9.64 Å². The molecule has 1 aromatic rings. The first-order valence-corrected chi connectivity index (χ1v) is 17.3. The number of amides is 3. The highest BCUT2D eigenvalue weighted by Crippen LogP contribution is 2.66. The molecule has 4 aliphatic heterocycles. The van der Waals surface area contributed by atoms with Gasteiger partial charge < -0.3 is 24.5 Å². The van der Waals surface area contributed by atoms with E-state index in [1.807, 2.05) is 42.2 Å². The summed E-state index contributed by atoms with van der Waals surface area (Å²) in [6.45, 7) is 16.7. The molecule has 5 atom stereocenters. The van der Waals surface area contributed by atoms with E-state index in [9.17, 15) is 19.5 Å². The molecular weight excluding hydrogens is 586 g/mol. The first-order valence-electron chi connectivity index (χ1n) is 16.5. The zero-order valence-electron chi connectivity index (χ0n) is 28.0. The number of thioether (sulfide) groups is 1. The van der Waals surface area contributed by atoms with Gasteiger partial charge in [0.15, 0.2) is 0 Å². The van der Waals surface area contributed by atoms with Gasteiger partial charge in [0.25, 0.3) is 0 Å². The van der Waals surface area contributed by atoms with Crippen LogP contribution in [0.25, 0.3) is 0 Å². The highest BCUT2D eigenvalue weighted by atomic mass is 32.2. The van der Waals surface area contributed by atoms with Crippen molar-refractivity contribution in [2.75, 3.05) is 37.7 Å². The lowest BCUT2D eigenvalue weighted by Gasteiger charge is -2.44. The van der Waals surface area contributed by atoms with Gasteiger partial charge in [0.1, 0.15) is 11.8 Å².